The molecule has 9 heteroatoms. The Labute approximate surface area is 150 Å². The first-order valence-corrected chi connectivity index (χ1v) is 8.68. The highest BCUT2D eigenvalue weighted by atomic mass is 16.2. The van der Waals surface area contributed by atoms with Crippen molar-refractivity contribution >= 4 is 17.5 Å². The Kier molecular flexibility index (Phi) is 4.39. The van der Waals surface area contributed by atoms with Crippen molar-refractivity contribution in [2.24, 2.45) is 0 Å². The fourth-order valence-corrected chi connectivity index (χ4v) is 3.22. The molecular weight excluding hydrogens is 334 g/mol. The number of hydrogen-bond donors (Lipinski definition) is 1. The Hall–Kier alpha value is -2.78. The zero-order chi connectivity index (χ0) is 18.1. The van der Waals surface area contributed by atoms with Gasteiger partial charge in [-0.1, -0.05) is 18.2 Å². The van der Waals surface area contributed by atoms with Crippen molar-refractivity contribution in [3.8, 4) is 0 Å². The maximum atomic E-state index is 12.7. The first-order valence-electron chi connectivity index (χ1n) is 8.68. The van der Waals surface area contributed by atoms with Crippen LogP contribution in [0.25, 0.3) is 0 Å². The fourth-order valence-electron chi connectivity index (χ4n) is 3.22. The van der Waals surface area contributed by atoms with Gasteiger partial charge in [-0.25, -0.2) is 5.01 Å². The SMILES string of the molecule is CN1CCN(NC(=O)c2nnc3n(c2=O)CCN3c2ccccc2)CC1. The standard InChI is InChI=1S/C17H21N7O2/c1-21-7-9-22(10-8-21)20-15(25)14-16(26)24-12-11-23(17(24)19-18-14)13-5-3-2-4-6-13/h2-6H,7-12H2,1H3,(H,20,25). The van der Waals surface area contributed by atoms with E-state index in [-0.39, 0.29) is 5.69 Å². The van der Waals surface area contributed by atoms with Gasteiger partial charge in [0.15, 0.2) is 0 Å². The number of nitrogens with zero attached hydrogens (tertiary/aromatic N) is 6. The molecule has 1 saturated heterocycles. The first-order chi connectivity index (χ1) is 12.6. The van der Waals surface area contributed by atoms with E-state index in [1.165, 1.54) is 4.57 Å². The summed E-state index contributed by atoms with van der Waals surface area (Å²) in [6.07, 6.45) is 0. The minimum atomic E-state index is -0.500. The molecule has 0 aliphatic carbocycles. The van der Waals surface area contributed by atoms with Gasteiger partial charge < -0.3 is 9.80 Å². The Morgan fingerprint density at radius 3 is 2.46 bits per heavy atom. The Morgan fingerprint density at radius 1 is 1.00 bits per heavy atom. The fraction of sp³-hybridized carbons (Fsp3) is 0.412. The minimum Gasteiger partial charge on any atom is -0.309 e. The number of para-hydroxylation sites is 1. The van der Waals surface area contributed by atoms with Crippen LogP contribution in [0.15, 0.2) is 35.1 Å². The molecule has 2 aliphatic heterocycles. The Morgan fingerprint density at radius 2 is 1.73 bits per heavy atom. The van der Waals surface area contributed by atoms with Crippen LogP contribution in [0.1, 0.15) is 10.5 Å². The largest absolute Gasteiger partial charge is 0.309 e. The van der Waals surface area contributed by atoms with Gasteiger partial charge in [-0.05, 0) is 19.2 Å². The van der Waals surface area contributed by atoms with Crippen LogP contribution in [0.5, 0.6) is 0 Å². The molecular formula is C17H21N7O2. The molecule has 0 atom stereocenters. The highest BCUT2D eigenvalue weighted by Crippen LogP contribution is 2.25. The van der Waals surface area contributed by atoms with Gasteiger partial charge in [0, 0.05) is 45.0 Å². The molecule has 0 saturated carbocycles. The summed E-state index contributed by atoms with van der Waals surface area (Å²) in [5, 5.41) is 9.90. The van der Waals surface area contributed by atoms with Gasteiger partial charge in [0.2, 0.25) is 11.6 Å². The highest BCUT2D eigenvalue weighted by molar-refractivity contribution is 5.91. The van der Waals surface area contributed by atoms with Gasteiger partial charge in [-0.3, -0.25) is 19.6 Å². The van der Waals surface area contributed by atoms with E-state index in [4.69, 9.17) is 0 Å². The van der Waals surface area contributed by atoms with Gasteiger partial charge in [0.1, 0.15) is 0 Å². The quantitative estimate of drug-likeness (QED) is 0.808. The van der Waals surface area contributed by atoms with E-state index in [0.717, 1.165) is 18.8 Å². The average Bonchev–Trinajstić information content (AvgIpc) is 3.09. The second-order valence-electron chi connectivity index (χ2n) is 6.52. The average molecular weight is 355 g/mol. The van der Waals surface area contributed by atoms with Gasteiger partial charge in [0.25, 0.3) is 11.5 Å². The summed E-state index contributed by atoms with van der Waals surface area (Å²) in [7, 11) is 2.04. The molecule has 1 fully saturated rings. The van der Waals surface area contributed by atoms with Crippen LogP contribution in [0.2, 0.25) is 0 Å². The summed E-state index contributed by atoms with van der Waals surface area (Å²) in [6.45, 7) is 4.25. The van der Waals surface area contributed by atoms with Gasteiger partial charge >= 0.3 is 0 Å². The van der Waals surface area contributed by atoms with Crippen LogP contribution in [-0.2, 0) is 6.54 Å². The van der Waals surface area contributed by atoms with Gasteiger partial charge in [-0.15, -0.1) is 10.2 Å². The third-order valence-corrected chi connectivity index (χ3v) is 4.76. The molecule has 1 N–H and O–H groups in total. The van der Waals surface area contributed by atoms with Crippen molar-refractivity contribution in [3.05, 3.63) is 46.4 Å². The number of fused-ring (bicyclic) bond motifs is 1. The number of carbonyl (C=O) groups is 1. The molecule has 2 aromatic rings. The number of hydrazine groups is 1. The predicted octanol–water partition coefficient (Wildman–Crippen LogP) is -0.318. The summed E-state index contributed by atoms with van der Waals surface area (Å²) >= 11 is 0. The number of nitrogens with one attached hydrogen (secondary N) is 1. The molecule has 3 heterocycles. The number of benzene rings is 1. The summed E-state index contributed by atoms with van der Waals surface area (Å²) in [5.74, 6) is -0.0298. The number of amides is 1. The third kappa shape index (κ3) is 3.06. The molecule has 4 rings (SSSR count). The number of hydrogen-bond acceptors (Lipinski definition) is 7. The lowest BCUT2D eigenvalue weighted by atomic mass is 10.3. The number of likely N-dealkylation sites (N-methyl/N-ethyl adjacent to an activating group) is 1. The molecule has 26 heavy (non-hydrogen) atoms. The van der Waals surface area contributed by atoms with E-state index in [1.807, 2.05) is 47.3 Å². The normalized spacial score (nSPS) is 18.0. The lowest BCUT2D eigenvalue weighted by molar-refractivity contribution is 0.0654. The van der Waals surface area contributed by atoms with Gasteiger partial charge in [-0.2, -0.15) is 0 Å². The molecule has 2 aliphatic rings. The number of aromatic nitrogens is 3. The Balaban J connectivity index is 1.55. The molecule has 1 aromatic heterocycles. The van der Waals surface area contributed by atoms with Crippen molar-refractivity contribution < 1.29 is 4.79 Å². The Bertz CT molecular complexity index is 859. The zero-order valence-corrected chi connectivity index (χ0v) is 14.6. The number of anilines is 2. The summed E-state index contributed by atoms with van der Waals surface area (Å²) < 4.78 is 1.51. The zero-order valence-electron chi connectivity index (χ0n) is 14.6. The summed E-state index contributed by atoms with van der Waals surface area (Å²) in [4.78, 5) is 29.3. The molecule has 0 radical (unpaired) electrons. The summed E-state index contributed by atoms with van der Waals surface area (Å²) in [5.41, 5.74) is 3.15. The highest BCUT2D eigenvalue weighted by Gasteiger charge is 2.28. The number of rotatable bonds is 3. The van der Waals surface area contributed by atoms with Crippen molar-refractivity contribution in [3.63, 3.8) is 0 Å². The maximum absolute atomic E-state index is 12.7. The van der Waals surface area contributed by atoms with Crippen LogP contribution < -0.4 is 15.9 Å². The third-order valence-electron chi connectivity index (χ3n) is 4.76. The number of piperazine rings is 1. The molecule has 0 spiro atoms. The van der Waals surface area contributed by atoms with Crippen LogP contribution in [0, 0.1) is 0 Å². The molecule has 1 aromatic carbocycles. The smallest absolute Gasteiger partial charge is 0.291 e. The van der Waals surface area contributed by atoms with E-state index in [1.54, 1.807) is 0 Å². The van der Waals surface area contributed by atoms with E-state index >= 15 is 0 Å². The first kappa shape index (κ1) is 16.7. The molecule has 0 bridgehead atoms. The second-order valence-corrected chi connectivity index (χ2v) is 6.52. The van der Waals surface area contributed by atoms with Crippen molar-refractivity contribution in [2.45, 2.75) is 6.54 Å². The van der Waals surface area contributed by atoms with E-state index in [9.17, 15) is 9.59 Å². The van der Waals surface area contributed by atoms with Crippen LogP contribution in [0.3, 0.4) is 0 Å². The monoisotopic (exact) mass is 355 g/mol. The van der Waals surface area contributed by atoms with Crippen molar-refractivity contribution in [2.75, 3.05) is 44.7 Å². The van der Waals surface area contributed by atoms with Gasteiger partial charge in [0.05, 0.1) is 0 Å². The van der Waals surface area contributed by atoms with E-state index < -0.39 is 11.5 Å². The minimum absolute atomic E-state index is 0.164. The number of carbonyl (C=O) groups excluding carboxylic acids is 1. The molecule has 136 valence electrons. The lowest BCUT2D eigenvalue weighted by Gasteiger charge is -2.32. The predicted molar refractivity (Wildman–Crippen MR) is 96.3 cm³/mol. The molecule has 1 amide bonds. The lowest BCUT2D eigenvalue weighted by Crippen LogP contribution is -2.53. The summed E-state index contributed by atoms with van der Waals surface area (Å²) in [6, 6.07) is 9.71. The van der Waals surface area contributed by atoms with Crippen molar-refractivity contribution in [1.29, 1.82) is 0 Å². The molecule has 9 nitrogen and oxygen atoms in total. The van der Waals surface area contributed by atoms with Crippen LogP contribution in [-0.4, -0.2) is 70.4 Å². The van der Waals surface area contributed by atoms with Crippen LogP contribution >= 0.6 is 0 Å². The maximum Gasteiger partial charge on any atom is 0.291 e. The topological polar surface area (TPSA) is 86.6 Å². The van der Waals surface area contributed by atoms with Crippen LogP contribution in [0.4, 0.5) is 11.6 Å². The molecule has 0 unspecified atom stereocenters. The van der Waals surface area contributed by atoms with Crippen molar-refractivity contribution in [1.82, 2.24) is 30.1 Å². The second kappa shape index (κ2) is 6.85. The van der Waals surface area contributed by atoms with E-state index in [2.05, 4.69) is 20.5 Å². The van der Waals surface area contributed by atoms with E-state index in [0.29, 0.717) is 32.1 Å².